The van der Waals surface area contributed by atoms with Crippen LogP contribution in [-0.4, -0.2) is 51.4 Å². The minimum Gasteiger partial charge on any atom is -0.483 e. The maximum absolute atomic E-state index is 13.3. The summed E-state index contributed by atoms with van der Waals surface area (Å²) in [7, 11) is 0. The first-order valence-corrected chi connectivity index (χ1v) is 11.0. The average Bonchev–Trinajstić information content (AvgIpc) is 2.75. The molecule has 7 nitrogen and oxygen atoms in total. The zero-order chi connectivity index (χ0) is 28.2. The number of halogens is 6. The third-order valence-corrected chi connectivity index (χ3v) is 5.22. The van der Waals surface area contributed by atoms with Gasteiger partial charge >= 0.3 is 18.4 Å². The van der Waals surface area contributed by atoms with Crippen LogP contribution in [-0.2, 0) is 17.4 Å². The molecule has 2 atom stereocenters. The molecule has 0 saturated carbocycles. The van der Waals surface area contributed by atoms with Crippen molar-refractivity contribution in [3.05, 3.63) is 59.4 Å². The summed E-state index contributed by atoms with van der Waals surface area (Å²) in [4.78, 5) is 30.2. The maximum atomic E-state index is 13.3. The quantitative estimate of drug-likeness (QED) is 0.429. The number of rotatable bonds is 8. The van der Waals surface area contributed by atoms with Crippen LogP contribution in [0, 0.1) is 0 Å². The summed E-state index contributed by atoms with van der Waals surface area (Å²) in [6.45, 7) is 4.74. The first kappa shape index (κ1) is 29.7. The lowest BCUT2D eigenvalue weighted by atomic mass is 9.97. The number of amides is 2. The highest BCUT2D eigenvalue weighted by Gasteiger charge is 2.38. The van der Waals surface area contributed by atoms with E-state index in [-0.39, 0.29) is 17.9 Å². The smallest absolute Gasteiger partial charge is 0.422 e. The molecule has 0 aliphatic rings. The van der Waals surface area contributed by atoms with E-state index in [9.17, 15) is 41.0 Å². The molecule has 0 radical (unpaired) electrons. The van der Waals surface area contributed by atoms with Crippen LogP contribution in [0.5, 0.6) is 5.75 Å². The predicted octanol–water partition coefficient (Wildman–Crippen LogP) is 5.61. The molecule has 2 aromatic rings. The summed E-state index contributed by atoms with van der Waals surface area (Å²) in [6.07, 6.45) is -9.63. The van der Waals surface area contributed by atoms with E-state index in [0.717, 1.165) is 23.2 Å². The minimum absolute atomic E-state index is 0.135. The van der Waals surface area contributed by atoms with Crippen LogP contribution in [0.3, 0.4) is 0 Å². The highest BCUT2D eigenvalue weighted by molar-refractivity contribution is 5.86. The van der Waals surface area contributed by atoms with Gasteiger partial charge in [-0.25, -0.2) is 4.79 Å². The molecule has 204 valence electrons. The Morgan fingerprint density at radius 2 is 1.62 bits per heavy atom. The van der Waals surface area contributed by atoms with E-state index in [1.165, 1.54) is 31.2 Å². The first-order valence-electron chi connectivity index (χ1n) is 11.0. The van der Waals surface area contributed by atoms with E-state index in [1.54, 1.807) is 20.8 Å². The Labute approximate surface area is 209 Å². The van der Waals surface area contributed by atoms with Crippen molar-refractivity contribution in [3.63, 3.8) is 0 Å². The Kier molecular flexibility index (Phi) is 9.04. The number of pyridine rings is 1. The number of hydrogen-bond donors (Lipinski definition) is 2. The van der Waals surface area contributed by atoms with E-state index >= 15 is 0 Å². The second-order valence-electron chi connectivity index (χ2n) is 9.29. The molecule has 37 heavy (non-hydrogen) atoms. The van der Waals surface area contributed by atoms with E-state index in [2.05, 4.69) is 15.0 Å². The molecule has 2 rings (SSSR count). The largest absolute Gasteiger partial charge is 0.483 e. The van der Waals surface area contributed by atoms with Crippen LogP contribution in [0.15, 0.2) is 42.6 Å². The second-order valence-corrected chi connectivity index (χ2v) is 9.29. The number of nitrogens with one attached hydrogen (secondary N) is 1. The zero-order valence-corrected chi connectivity index (χ0v) is 20.4. The van der Waals surface area contributed by atoms with E-state index < -0.39 is 54.1 Å². The van der Waals surface area contributed by atoms with Crippen LogP contribution in [0.2, 0.25) is 0 Å². The Balaban J connectivity index is 2.25. The summed E-state index contributed by atoms with van der Waals surface area (Å²) >= 11 is 0. The van der Waals surface area contributed by atoms with Gasteiger partial charge in [-0.05, 0) is 57.5 Å². The molecule has 1 aromatic heterocycles. The standard InChI is InChI=1S/C24H27F6N3O4/c1-14(18-10-9-17(12-31-18)37-13-23(25,26)27)32-20(34)19(33(21(35)36)22(2,3)4)11-15-5-7-16(8-6-15)24(28,29)30/h5-10,12,14,19H,11,13H2,1-4H3,(H,32,34)(H,35,36)/t14-,19?/m1/s1. The topological polar surface area (TPSA) is 91.8 Å². The highest BCUT2D eigenvalue weighted by Crippen LogP contribution is 2.30. The summed E-state index contributed by atoms with van der Waals surface area (Å²) in [5.41, 5.74) is -1.36. The summed E-state index contributed by atoms with van der Waals surface area (Å²) in [5, 5.41) is 12.5. The monoisotopic (exact) mass is 535 g/mol. The van der Waals surface area contributed by atoms with Gasteiger partial charge in [0.1, 0.15) is 11.8 Å². The number of alkyl halides is 6. The molecule has 0 bridgehead atoms. The Bertz CT molecular complexity index is 1060. The fourth-order valence-electron chi connectivity index (χ4n) is 3.52. The van der Waals surface area contributed by atoms with Crippen molar-refractivity contribution in [3.8, 4) is 5.75 Å². The number of ether oxygens (including phenoxy) is 1. The van der Waals surface area contributed by atoms with Gasteiger partial charge in [0, 0.05) is 12.0 Å². The Morgan fingerprint density at radius 3 is 2.05 bits per heavy atom. The van der Waals surface area contributed by atoms with Gasteiger partial charge in [-0.2, -0.15) is 26.3 Å². The molecule has 1 heterocycles. The zero-order valence-electron chi connectivity index (χ0n) is 20.4. The third-order valence-electron chi connectivity index (χ3n) is 5.22. The van der Waals surface area contributed by atoms with Crippen molar-refractivity contribution in [2.75, 3.05) is 6.61 Å². The number of carboxylic acid groups (broad SMARTS) is 1. The minimum atomic E-state index is -4.55. The van der Waals surface area contributed by atoms with Crippen molar-refractivity contribution >= 4 is 12.0 Å². The van der Waals surface area contributed by atoms with Gasteiger partial charge in [-0.1, -0.05) is 12.1 Å². The third kappa shape index (κ3) is 8.83. The number of carbonyl (C=O) groups is 2. The van der Waals surface area contributed by atoms with E-state index in [0.29, 0.717) is 5.56 Å². The van der Waals surface area contributed by atoms with Gasteiger partial charge in [-0.3, -0.25) is 14.7 Å². The highest BCUT2D eigenvalue weighted by atomic mass is 19.4. The molecule has 0 fully saturated rings. The molecule has 0 spiro atoms. The normalized spacial score (nSPS) is 14.0. The summed E-state index contributed by atoms with van der Waals surface area (Å²) < 4.78 is 80.3. The SMILES string of the molecule is C[C@@H](NC(=O)C(Cc1ccc(C(F)(F)F)cc1)N(C(=O)O)C(C)(C)C)c1ccc(OCC(F)(F)F)cn1. The van der Waals surface area contributed by atoms with Gasteiger partial charge in [0.05, 0.1) is 23.5 Å². The molecule has 1 unspecified atom stereocenters. The number of benzene rings is 1. The average molecular weight is 535 g/mol. The van der Waals surface area contributed by atoms with Crippen LogP contribution in [0.1, 0.15) is 50.6 Å². The fraction of sp³-hybridized carbons (Fsp3) is 0.458. The lowest BCUT2D eigenvalue weighted by Crippen LogP contribution is -2.57. The van der Waals surface area contributed by atoms with Crippen LogP contribution in [0.4, 0.5) is 31.1 Å². The number of aromatic nitrogens is 1. The fourth-order valence-corrected chi connectivity index (χ4v) is 3.52. The molecule has 2 N–H and O–H groups in total. The lowest BCUT2D eigenvalue weighted by Gasteiger charge is -2.39. The van der Waals surface area contributed by atoms with Gasteiger partial charge < -0.3 is 15.2 Å². The van der Waals surface area contributed by atoms with Crippen molar-refractivity contribution in [1.82, 2.24) is 15.2 Å². The molecule has 2 amide bonds. The molecule has 0 saturated heterocycles. The lowest BCUT2D eigenvalue weighted by molar-refractivity contribution is -0.153. The number of hydrogen-bond acceptors (Lipinski definition) is 4. The Morgan fingerprint density at radius 1 is 1.03 bits per heavy atom. The second kappa shape index (κ2) is 11.3. The molecule has 0 aliphatic heterocycles. The first-order chi connectivity index (χ1) is 16.9. The summed E-state index contributed by atoms with van der Waals surface area (Å²) in [5.74, 6) is -0.867. The summed E-state index contributed by atoms with van der Waals surface area (Å²) in [6, 6.07) is 4.55. The van der Waals surface area contributed by atoms with Gasteiger partial charge in [0.15, 0.2) is 6.61 Å². The molecule has 13 heteroatoms. The molecular weight excluding hydrogens is 508 g/mol. The van der Waals surface area contributed by atoms with E-state index in [1.807, 2.05) is 0 Å². The van der Waals surface area contributed by atoms with Crippen LogP contribution in [0.25, 0.3) is 0 Å². The number of carbonyl (C=O) groups excluding carboxylic acids is 1. The van der Waals surface area contributed by atoms with Crippen molar-refractivity contribution in [2.45, 2.75) is 64.1 Å². The molecule has 0 aliphatic carbocycles. The van der Waals surface area contributed by atoms with Crippen molar-refractivity contribution < 1.29 is 45.8 Å². The van der Waals surface area contributed by atoms with Crippen LogP contribution < -0.4 is 10.1 Å². The van der Waals surface area contributed by atoms with Crippen molar-refractivity contribution in [2.24, 2.45) is 0 Å². The van der Waals surface area contributed by atoms with Gasteiger partial charge in [0.2, 0.25) is 5.91 Å². The Hall–Kier alpha value is -3.51. The van der Waals surface area contributed by atoms with Gasteiger partial charge in [-0.15, -0.1) is 0 Å². The maximum Gasteiger partial charge on any atom is 0.422 e. The van der Waals surface area contributed by atoms with E-state index in [4.69, 9.17) is 0 Å². The number of nitrogens with zero attached hydrogens (tertiary/aromatic N) is 2. The molecular formula is C24H27F6N3O4. The predicted molar refractivity (Wildman–Crippen MR) is 121 cm³/mol. The van der Waals surface area contributed by atoms with Gasteiger partial charge in [0.25, 0.3) is 0 Å². The molecule has 1 aromatic carbocycles. The van der Waals surface area contributed by atoms with Crippen molar-refractivity contribution in [1.29, 1.82) is 0 Å². The van der Waals surface area contributed by atoms with Crippen LogP contribution >= 0.6 is 0 Å².